The number of rotatable bonds is 9. The van der Waals surface area contributed by atoms with E-state index in [9.17, 15) is 18.0 Å². The standard InChI is InChI=1S/C25H22N4O5S3/c1-3-12-29-20-11-10-18(34-4-2)13-21(20)36-25(29)28-23(31)16-37(32,33)15-22(30)27-24-26-19(14-35-24)17-8-6-5-7-9-17/h1,5-11,13-14H,4,12,15-16H2,2H3,(H,26,27,30). The van der Waals surface area contributed by atoms with E-state index >= 15 is 0 Å². The zero-order valence-corrected chi connectivity index (χ0v) is 22.2. The van der Waals surface area contributed by atoms with Crippen molar-refractivity contribution in [2.45, 2.75) is 13.5 Å². The van der Waals surface area contributed by atoms with Crippen LogP contribution in [0.4, 0.5) is 5.13 Å². The van der Waals surface area contributed by atoms with Crippen LogP contribution in [0, 0.1) is 12.3 Å². The zero-order valence-electron chi connectivity index (χ0n) is 19.7. The largest absolute Gasteiger partial charge is 0.494 e. The molecule has 2 heterocycles. The van der Waals surface area contributed by atoms with Crippen LogP contribution in [-0.4, -0.2) is 47.9 Å². The Hall–Kier alpha value is -3.79. The Labute approximate surface area is 221 Å². The molecule has 0 spiro atoms. The molecule has 0 aliphatic heterocycles. The van der Waals surface area contributed by atoms with E-state index in [0.29, 0.717) is 18.1 Å². The van der Waals surface area contributed by atoms with Gasteiger partial charge in [-0.3, -0.25) is 9.59 Å². The van der Waals surface area contributed by atoms with Crippen LogP contribution in [0.2, 0.25) is 0 Å². The molecule has 12 heteroatoms. The van der Waals surface area contributed by atoms with Crippen LogP contribution in [0.1, 0.15) is 6.92 Å². The molecule has 190 valence electrons. The van der Waals surface area contributed by atoms with E-state index in [0.717, 1.165) is 15.8 Å². The molecule has 2 aromatic heterocycles. The fourth-order valence-corrected chi connectivity index (χ4v) is 6.27. The fraction of sp³-hybridized carbons (Fsp3) is 0.200. The second-order valence-corrected chi connectivity index (χ2v) is 11.7. The third-order valence-electron chi connectivity index (χ3n) is 4.95. The summed E-state index contributed by atoms with van der Waals surface area (Å²) in [7, 11) is -4.08. The molecule has 0 saturated heterocycles. The number of thiazole rings is 2. The first-order valence-electron chi connectivity index (χ1n) is 11.1. The molecule has 0 aliphatic carbocycles. The van der Waals surface area contributed by atoms with Crippen molar-refractivity contribution in [3.63, 3.8) is 0 Å². The highest BCUT2D eigenvalue weighted by atomic mass is 32.2. The SMILES string of the molecule is C#CCn1c(=NC(=O)CS(=O)(=O)CC(=O)Nc2nc(-c3ccccc3)cs2)sc2cc(OCC)ccc21. The molecule has 4 rings (SSSR count). The predicted octanol–water partition coefficient (Wildman–Crippen LogP) is 3.34. The van der Waals surface area contributed by atoms with E-state index in [2.05, 4.69) is 21.2 Å². The number of sulfone groups is 1. The van der Waals surface area contributed by atoms with E-state index in [-0.39, 0.29) is 16.5 Å². The molecular weight excluding hydrogens is 532 g/mol. The third-order valence-corrected chi connectivity index (χ3v) is 8.14. The van der Waals surface area contributed by atoms with Gasteiger partial charge in [0.15, 0.2) is 19.8 Å². The van der Waals surface area contributed by atoms with Gasteiger partial charge in [-0.2, -0.15) is 4.99 Å². The molecule has 2 aromatic carbocycles. The number of carbonyl (C=O) groups excluding carboxylic acids is 2. The second kappa shape index (κ2) is 11.5. The Balaban J connectivity index is 1.46. The Kier molecular flexibility index (Phi) is 8.17. The Morgan fingerprint density at radius 1 is 1.19 bits per heavy atom. The van der Waals surface area contributed by atoms with Crippen molar-refractivity contribution in [1.82, 2.24) is 9.55 Å². The number of terminal acetylenes is 1. The van der Waals surface area contributed by atoms with Gasteiger partial charge in [0.1, 0.15) is 17.3 Å². The topological polar surface area (TPSA) is 120 Å². The summed E-state index contributed by atoms with van der Waals surface area (Å²) in [5.41, 5.74) is 2.28. The summed E-state index contributed by atoms with van der Waals surface area (Å²) in [6.07, 6.45) is 5.48. The summed E-state index contributed by atoms with van der Waals surface area (Å²) in [6.45, 7) is 2.52. The van der Waals surface area contributed by atoms with Gasteiger partial charge in [-0.25, -0.2) is 13.4 Å². The molecule has 0 fully saturated rings. The van der Waals surface area contributed by atoms with E-state index in [1.807, 2.05) is 43.3 Å². The van der Waals surface area contributed by atoms with Crippen molar-refractivity contribution in [3.8, 4) is 29.4 Å². The van der Waals surface area contributed by atoms with Crippen molar-refractivity contribution in [2.24, 2.45) is 4.99 Å². The maximum Gasteiger partial charge on any atom is 0.263 e. The molecule has 0 unspecified atom stereocenters. The average molecular weight is 555 g/mol. The predicted molar refractivity (Wildman–Crippen MR) is 145 cm³/mol. The fourth-order valence-electron chi connectivity index (χ4n) is 3.45. The van der Waals surface area contributed by atoms with Crippen LogP contribution in [0.25, 0.3) is 21.5 Å². The maximum absolute atomic E-state index is 12.6. The van der Waals surface area contributed by atoms with E-state index in [4.69, 9.17) is 11.2 Å². The van der Waals surface area contributed by atoms with Crippen molar-refractivity contribution >= 4 is 59.7 Å². The zero-order chi connectivity index (χ0) is 26.4. The van der Waals surface area contributed by atoms with Crippen LogP contribution in [-0.2, 0) is 26.0 Å². The number of hydrogen-bond donors (Lipinski definition) is 1. The molecule has 0 saturated carbocycles. The van der Waals surface area contributed by atoms with E-state index in [1.54, 1.807) is 22.1 Å². The highest BCUT2D eigenvalue weighted by Gasteiger charge is 2.22. The lowest BCUT2D eigenvalue weighted by Gasteiger charge is -2.04. The summed E-state index contributed by atoms with van der Waals surface area (Å²) in [5.74, 6) is -0.287. The number of hydrogen-bond acceptors (Lipinski definition) is 8. The van der Waals surface area contributed by atoms with Gasteiger partial charge in [-0.15, -0.1) is 17.8 Å². The van der Waals surface area contributed by atoms with Gasteiger partial charge in [-0.05, 0) is 25.1 Å². The van der Waals surface area contributed by atoms with Gasteiger partial charge in [0, 0.05) is 10.9 Å². The molecule has 0 bridgehead atoms. The smallest absolute Gasteiger partial charge is 0.263 e. The number of benzene rings is 2. The number of amides is 2. The first-order chi connectivity index (χ1) is 17.8. The minimum atomic E-state index is -4.08. The van der Waals surface area contributed by atoms with Crippen LogP contribution in [0.3, 0.4) is 0 Å². The molecule has 0 atom stereocenters. The van der Waals surface area contributed by atoms with Gasteiger partial charge in [-0.1, -0.05) is 47.6 Å². The number of fused-ring (bicyclic) bond motifs is 1. The number of carbonyl (C=O) groups is 2. The van der Waals surface area contributed by atoms with Crippen molar-refractivity contribution in [1.29, 1.82) is 0 Å². The summed E-state index contributed by atoms with van der Waals surface area (Å²) in [6, 6.07) is 14.8. The average Bonchev–Trinajstić information content (AvgIpc) is 3.43. The molecule has 4 aromatic rings. The van der Waals surface area contributed by atoms with Gasteiger partial charge >= 0.3 is 0 Å². The van der Waals surface area contributed by atoms with E-state index < -0.39 is 33.2 Å². The highest BCUT2D eigenvalue weighted by Crippen LogP contribution is 2.25. The van der Waals surface area contributed by atoms with Crippen LogP contribution < -0.4 is 14.9 Å². The first-order valence-corrected chi connectivity index (χ1v) is 14.6. The Morgan fingerprint density at radius 2 is 1.97 bits per heavy atom. The number of anilines is 1. The minimum absolute atomic E-state index is 0.147. The monoisotopic (exact) mass is 554 g/mol. The Morgan fingerprint density at radius 3 is 2.70 bits per heavy atom. The Bertz CT molecular complexity index is 1660. The third kappa shape index (κ3) is 6.71. The van der Waals surface area contributed by atoms with Crippen LogP contribution in [0.5, 0.6) is 5.75 Å². The second-order valence-electron chi connectivity index (χ2n) is 7.73. The first kappa shape index (κ1) is 26.3. The van der Waals surface area contributed by atoms with Gasteiger partial charge < -0.3 is 14.6 Å². The maximum atomic E-state index is 12.6. The normalized spacial score (nSPS) is 11.8. The van der Waals surface area contributed by atoms with Crippen LogP contribution >= 0.6 is 22.7 Å². The van der Waals surface area contributed by atoms with Crippen molar-refractivity contribution in [3.05, 3.63) is 58.7 Å². The van der Waals surface area contributed by atoms with Gasteiger partial charge in [0.05, 0.1) is 29.1 Å². The molecule has 0 aliphatic rings. The summed E-state index contributed by atoms with van der Waals surface area (Å²) in [4.78, 5) is 33.5. The van der Waals surface area contributed by atoms with Gasteiger partial charge in [0.2, 0.25) is 5.91 Å². The molecule has 2 amide bonds. The molecule has 9 nitrogen and oxygen atoms in total. The quantitative estimate of drug-likeness (QED) is 0.317. The minimum Gasteiger partial charge on any atom is -0.494 e. The van der Waals surface area contributed by atoms with Crippen molar-refractivity contribution in [2.75, 3.05) is 23.4 Å². The number of aromatic nitrogens is 2. The van der Waals surface area contributed by atoms with Gasteiger partial charge in [0.25, 0.3) is 5.91 Å². The lowest BCUT2D eigenvalue weighted by molar-refractivity contribution is -0.115. The summed E-state index contributed by atoms with van der Waals surface area (Å²) < 4.78 is 33.0. The lowest BCUT2D eigenvalue weighted by atomic mass is 10.2. The summed E-state index contributed by atoms with van der Waals surface area (Å²) in [5, 5.41) is 4.51. The number of nitrogens with zero attached hydrogens (tertiary/aromatic N) is 3. The molecular formula is C25H22N4O5S3. The van der Waals surface area contributed by atoms with Crippen molar-refractivity contribution < 1.29 is 22.7 Å². The molecule has 37 heavy (non-hydrogen) atoms. The lowest BCUT2D eigenvalue weighted by Crippen LogP contribution is -2.28. The summed E-state index contributed by atoms with van der Waals surface area (Å²) >= 11 is 2.37. The number of nitrogens with one attached hydrogen (secondary N) is 1. The molecule has 1 N–H and O–H groups in total. The van der Waals surface area contributed by atoms with E-state index in [1.165, 1.54) is 22.7 Å². The molecule has 0 radical (unpaired) electrons. The number of ether oxygens (including phenoxy) is 1. The highest BCUT2D eigenvalue weighted by molar-refractivity contribution is 7.92. The van der Waals surface area contributed by atoms with Crippen LogP contribution in [0.15, 0.2) is 58.9 Å².